The van der Waals surface area contributed by atoms with Crippen LogP contribution in [0.2, 0.25) is 0 Å². The van der Waals surface area contributed by atoms with Gasteiger partial charge in [0, 0.05) is 30.5 Å². The number of unbranched alkanes of at least 4 members (excludes halogenated alkanes) is 1. The Hall–Kier alpha value is -1.32. The van der Waals surface area contributed by atoms with Crippen molar-refractivity contribution in [3.05, 3.63) is 35.6 Å². The van der Waals surface area contributed by atoms with Crippen molar-refractivity contribution in [2.24, 2.45) is 0 Å². The zero-order valence-corrected chi connectivity index (χ0v) is 10.9. The molecule has 1 aromatic heterocycles. The molecule has 0 spiro atoms. The number of aryl methyl sites for hydroxylation is 1. The first-order chi connectivity index (χ1) is 8.86. The van der Waals surface area contributed by atoms with Crippen molar-refractivity contribution in [1.82, 2.24) is 5.32 Å². The molecule has 1 aromatic carbocycles. The maximum absolute atomic E-state index is 8.83. The summed E-state index contributed by atoms with van der Waals surface area (Å²) in [6.07, 6.45) is 3.30. The molecule has 2 rings (SSSR count). The van der Waals surface area contributed by atoms with Gasteiger partial charge in [-0.2, -0.15) is 0 Å². The summed E-state index contributed by atoms with van der Waals surface area (Å²) in [6.45, 7) is 3.73. The van der Waals surface area contributed by atoms with Gasteiger partial charge in [-0.25, -0.2) is 0 Å². The fourth-order valence-corrected chi connectivity index (χ4v) is 2.17. The molecule has 1 heterocycles. The SMILES string of the molecule is CCCCc1oc2ccccc2c1CNCCO. The van der Waals surface area contributed by atoms with Gasteiger partial charge < -0.3 is 14.8 Å². The van der Waals surface area contributed by atoms with Crippen LogP contribution in [0.25, 0.3) is 11.0 Å². The minimum absolute atomic E-state index is 0.167. The van der Waals surface area contributed by atoms with Crippen LogP contribution >= 0.6 is 0 Å². The number of benzene rings is 1. The molecule has 0 saturated heterocycles. The molecule has 98 valence electrons. The molecule has 0 amide bonds. The van der Waals surface area contributed by atoms with Gasteiger partial charge in [-0.1, -0.05) is 31.5 Å². The highest BCUT2D eigenvalue weighted by molar-refractivity contribution is 5.82. The molecule has 0 aliphatic rings. The molecule has 0 unspecified atom stereocenters. The number of hydrogen-bond donors (Lipinski definition) is 2. The van der Waals surface area contributed by atoms with Crippen LogP contribution in [0, 0.1) is 0 Å². The van der Waals surface area contributed by atoms with Gasteiger partial charge in [0.2, 0.25) is 0 Å². The molecule has 0 saturated carbocycles. The van der Waals surface area contributed by atoms with Gasteiger partial charge in [0.25, 0.3) is 0 Å². The third-order valence-corrected chi connectivity index (χ3v) is 3.13. The normalized spacial score (nSPS) is 11.2. The number of rotatable bonds is 7. The zero-order chi connectivity index (χ0) is 12.8. The Morgan fingerprint density at radius 1 is 1.28 bits per heavy atom. The number of aliphatic hydroxyl groups excluding tert-OH is 1. The van der Waals surface area contributed by atoms with Crippen molar-refractivity contribution in [3.8, 4) is 0 Å². The van der Waals surface area contributed by atoms with Crippen molar-refractivity contribution < 1.29 is 9.52 Å². The Morgan fingerprint density at radius 3 is 2.89 bits per heavy atom. The summed E-state index contributed by atoms with van der Waals surface area (Å²) >= 11 is 0. The number of furan rings is 1. The van der Waals surface area contributed by atoms with E-state index in [2.05, 4.69) is 18.3 Å². The lowest BCUT2D eigenvalue weighted by atomic mass is 10.1. The molecule has 3 heteroatoms. The van der Waals surface area contributed by atoms with E-state index in [9.17, 15) is 0 Å². The number of hydrogen-bond acceptors (Lipinski definition) is 3. The standard InChI is InChI=1S/C15H21NO2/c1-2-3-7-15-13(11-16-9-10-17)12-6-4-5-8-14(12)18-15/h4-6,8,16-17H,2-3,7,9-11H2,1H3. The molecule has 0 bridgehead atoms. The molecule has 18 heavy (non-hydrogen) atoms. The van der Waals surface area contributed by atoms with Crippen molar-refractivity contribution in [2.75, 3.05) is 13.2 Å². The minimum Gasteiger partial charge on any atom is -0.461 e. The third kappa shape index (κ3) is 2.92. The first kappa shape index (κ1) is 13.1. The molecule has 2 N–H and O–H groups in total. The summed E-state index contributed by atoms with van der Waals surface area (Å²) in [5.74, 6) is 1.09. The van der Waals surface area contributed by atoms with Crippen molar-refractivity contribution >= 4 is 11.0 Å². The van der Waals surface area contributed by atoms with Gasteiger partial charge in [-0.05, 0) is 12.5 Å². The quantitative estimate of drug-likeness (QED) is 0.739. The topological polar surface area (TPSA) is 45.4 Å². The highest BCUT2D eigenvalue weighted by Crippen LogP contribution is 2.26. The van der Waals surface area contributed by atoms with E-state index in [0.29, 0.717) is 6.54 Å². The number of para-hydroxylation sites is 1. The first-order valence-electron chi connectivity index (χ1n) is 6.67. The summed E-state index contributed by atoms with van der Waals surface area (Å²) in [5.41, 5.74) is 2.21. The Morgan fingerprint density at radius 2 is 2.11 bits per heavy atom. The zero-order valence-electron chi connectivity index (χ0n) is 10.9. The van der Waals surface area contributed by atoms with E-state index >= 15 is 0 Å². The molecule has 0 radical (unpaired) electrons. The summed E-state index contributed by atoms with van der Waals surface area (Å²) in [6, 6.07) is 8.15. The van der Waals surface area contributed by atoms with Crippen LogP contribution in [0.5, 0.6) is 0 Å². The fraction of sp³-hybridized carbons (Fsp3) is 0.467. The lowest BCUT2D eigenvalue weighted by Gasteiger charge is -2.04. The van der Waals surface area contributed by atoms with Crippen molar-refractivity contribution in [3.63, 3.8) is 0 Å². The Balaban J connectivity index is 2.25. The lowest BCUT2D eigenvalue weighted by Crippen LogP contribution is -2.18. The van der Waals surface area contributed by atoms with Crippen molar-refractivity contribution in [2.45, 2.75) is 32.7 Å². The maximum atomic E-state index is 8.83. The highest BCUT2D eigenvalue weighted by Gasteiger charge is 2.12. The van der Waals surface area contributed by atoms with E-state index in [1.165, 1.54) is 17.4 Å². The first-order valence-corrected chi connectivity index (χ1v) is 6.67. The van der Waals surface area contributed by atoms with Crippen LogP contribution < -0.4 is 5.32 Å². The van der Waals surface area contributed by atoms with Gasteiger partial charge >= 0.3 is 0 Å². The lowest BCUT2D eigenvalue weighted by molar-refractivity contribution is 0.292. The van der Waals surface area contributed by atoms with Crippen LogP contribution in [-0.4, -0.2) is 18.3 Å². The summed E-state index contributed by atoms with van der Waals surface area (Å²) < 4.78 is 5.93. The average Bonchev–Trinajstić information content (AvgIpc) is 2.75. The molecule has 0 atom stereocenters. The predicted molar refractivity (Wildman–Crippen MR) is 73.6 cm³/mol. The van der Waals surface area contributed by atoms with Crippen LogP contribution in [0.15, 0.2) is 28.7 Å². The average molecular weight is 247 g/mol. The van der Waals surface area contributed by atoms with Crippen LogP contribution in [0.1, 0.15) is 31.1 Å². The largest absolute Gasteiger partial charge is 0.461 e. The van der Waals surface area contributed by atoms with Gasteiger partial charge in [0.05, 0.1) is 6.61 Å². The Labute approximate surface area is 108 Å². The van der Waals surface area contributed by atoms with E-state index < -0.39 is 0 Å². The highest BCUT2D eigenvalue weighted by atomic mass is 16.3. The number of fused-ring (bicyclic) bond motifs is 1. The van der Waals surface area contributed by atoms with E-state index in [1.54, 1.807) is 0 Å². The smallest absolute Gasteiger partial charge is 0.134 e. The molecule has 2 aromatic rings. The van der Waals surface area contributed by atoms with Gasteiger partial charge in [-0.15, -0.1) is 0 Å². The fourth-order valence-electron chi connectivity index (χ4n) is 2.17. The third-order valence-electron chi connectivity index (χ3n) is 3.13. The van der Waals surface area contributed by atoms with Gasteiger partial charge in [0.1, 0.15) is 11.3 Å². The van der Waals surface area contributed by atoms with E-state index in [4.69, 9.17) is 9.52 Å². The number of aliphatic hydroxyl groups is 1. The molecular formula is C15H21NO2. The second-order valence-corrected chi connectivity index (χ2v) is 4.50. The summed E-state index contributed by atoms with van der Waals surface area (Å²) in [5, 5.41) is 13.3. The van der Waals surface area contributed by atoms with Gasteiger partial charge in [0.15, 0.2) is 0 Å². The Kier molecular flexibility index (Phi) is 4.79. The molecular weight excluding hydrogens is 226 g/mol. The molecule has 3 nitrogen and oxygen atoms in total. The van der Waals surface area contributed by atoms with E-state index in [1.807, 2.05) is 18.2 Å². The predicted octanol–water partition coefficient (Wildman–Crippen LogP) is 2.86. The second-order valence-electron chi connectivity index (χ2n) is 4.50. The van der Waals surface area contributed by atoms with Gasteiger partial charge in [-0.3, -0.25) is 0 Å². The van der Waals surface area contributed by atoms with Crippen LogP contribution in [-0.2, 0) is 13.0 Å². The molecule has 0 aliphatic heterocycles. The minimum atomic E-state index is 0.167. The van der Waals surface area contributed by atoms with Crippen LogP contribution in [0.4, 0.5) is 0 Å². The Bertz CT molecular complexity index is 490. The summed E-state index contributed by atoms with van der Waals surface area (Å²) in [4.78, 5) is 0. The van der Waals surface area contributed by atoms with E-state index in [-0.39, 0.29) is 6.61 Å². The summed E-state index contributed by atoms with van der Waals surface area (Å²) in [7, 11) is 0. The molecule has 0 fully saturated rings. The monoisotopic (exact) mass is 247 g/mol. The number of nitrogens with one attached hydrogen (secondary N) is 1. The molecule has 0 aliphatic carbocycles. The van der Waals surface area contributed by atoms with Crippen molar-refractivity contribution in [1.29, 1.82) is 0 Å². The second kappa shape index (κ2) is 6.57. The van der Waals surface area contributed by atoms with Crippen LogP contribution in [0.3, 0.4) is 0 Å². The maximum Gasteiger partial charge on any atom is 0.134 e. The van der Waals surface area contributed by atoms with E-state index in [0.717, 1.165) is 30.7 Å².